The highest BCUT2D eigenvalue weighted by molar-refractivity contribution is 5.81. The number of nitrogen functional groups attached to an aromatic ring is 1. The van der Waals surface area contributed by atoms with E-state index in [1.165, 1.54) is 0 Å². The number of nitrogens with two attached hydrogens (primary N) is 1. The zero-order chi connectivity index (χ0) is 23.4. The molecule has 0 bridgehead atoms. The van der Waals surface area contributed by atoms with E-state index in [2.05, 4.69) is 21.9 Å². The van der Waals surface area contributed by atoms with Crippen molar-refractivity contribution in [1.29, 1.82) is 0 Å². The van der Waals surface area contributed by atoms with Crippen LogP contribution in [0.3, 0.4) is 0 Å². The van der Waals surface area contributed by atoms with Crippen LogP contribution < -0.4 is 10.5 Å². The molecule has 176 valence electrons. The fourth-order valence-electron chi connectivity index (χ4n) is 4.91. The molecular formula is C25H27N5O4. The minimum atomic E-state index is -0.716. The van der Waals surface area contributed by atoms with E-state index in [1.54, 1.807) is 12.4 Å². The average molecular weight is 462 g/mol. The Hall–Kier alpha value is -3.27. The van der Waals surface area contributed by atoms with Crippen LogP contribution in [0.4, 0.5) is 5.82 Å². The molecule has 0 saturated carbocycles. The molecule has 4 atom stereocenters. The second-order valence-electron chi connectivity index (χ2n) is 9.17. The maximum atomic E-state index is 6.47. The van der Waals surface area contributed by atoms with Gasteiger partial charge in [-0.25, -0.2) is 15.0 Å². The number of aromatic nitrogens is 4. The zero-order valence-corrected chi connectivity index (χ0v) is 19.3. The van der Waals surface area contributed by atoms with E-state index in [4.69, 9.17) is 24.7 Å². The van der Waals surface area contributed by atoms with Crippen molar-refractivity contribution in [2.75, 3.05) is 12.3 Å². The molecule has 0 aliphatic carbocycles. The molecule has 4 aromatic rings. The first-order valence-corrected chi connectivity index (χ1v) is 11.5. The first kappa shape index (κ1) is 21.3. The number of hydrogen-bond acceptors (Lipinski definition) is 8. The molecule has 2 saturated heterocycles. The molecule has 1 aromatic carbocycles. The third kappa shape index (κ3) is 3.56. The predicted octanol–water partition coefficient (Wildman–Crippen LogP) is 3.62. The fraction of sp³-hybridized carbons (Fsp3) is 0.400. The molecule has 0 unspecified atom stereocenters. The van der Waals surface area contributed by atoms with Crippen molar-refractivity contribution in [3.63, 3.8) is 0 Å². The van der Waals surface area contributed by atoms with Crippen LogP contribution in [0, 0.1) is 0 Å². The number of pyridine rings is 1. The van der Waals surface area contributed by atoms with Gasteiger partial charge in [-0.3, -0.25) is 0 Å². The maximum Gasteiger partial charge on any atom is 0.164 e. The molecule has 2 aliphatic heterocycles. The van der Waals surface area contributed by atoms with Crippen LogP contribution in [0.1, 0.15) is 32.7 Å². The fourth-order valence-corrected chi connectivity index (χ4v) is 4.91. The highest BCUT2D eigenvalue weighted by Crippen LogP contribution is 2.44. The standard InChI is InChI=1S/C25H27N5O4/c1-4-17-16-9-10-30(23(16)28-13-27-17)24-22-21(33-25(2,3)34-22)19(32-24)12-31-15-7-5-14-6-8-20(26)29-18(14)11-15/h5-11,13,19,21-22,24H,4,12H2,1-3H3,(H2,26,29)/t19-,21-,22-,24-/m1/s1. The SMILES string of the molecule is CCc1ncnc2c1ccn2[C@@H]1O[C@H](COc2ccc3ccc(N)nc3c2)[C@H]2OC(C)(C)O[C@H]21. The van der Waals surface area contributed by atoms with Gasteiger partial charge in [-0.2, -0.15) is 0 Å². The van der Waals surface area contributed by atoms with E-state index in [1.807, 2.05) is 54.9 Å². The van der Waals surface area contributed by atoms with Crippen LogP contribution >= 0.6 is 0 Å². The highest BCUT2D eigenvalue weighted by Gasteiger charge is 2.56. The Balaban J connectivity index is 1.27. The first-order valence-electron chi connectivity index (χ1n) is 11.5. The van der Waals surface area contributed by atoms with Gasteiger partial charge < -0.3 is 29.2 Å². The molecule has 34 heavy (non-hydrogen) atoms. The summed E-state index contributed by atoms with van der Waals surface area (Å²) in [7, 11) is 0. The number of rotatable bonds is 5. The van der Waals surface area contributed by atoms with Gasteiger partial charge in [0.2, 0.25) is 0 Å². The molecule has 3 aromatic heterocycles. The smallest absolute Gasteiger partial charge is 0.164 e. The number of ether oxygens (including phenoxy) is 4. The Labute approximate surface area is 196 Å². The molecular weight excluding hydrogens is 434 g/mol. The van der Waals surface area contributed by atoms with Crippen molar-refractivity contribution in [3.05, 3.63) is 54.6 Å². The highest BCUT2D eigenvalue weighted by atomic mass is 16.8. The number of hydrogen-bond donors (Lipinski definition) is 1. The Morgan fingerprint density at radius 2 is 1.91 bits per heavy atom. The molecule has 2 aliphatic rings. The lowest BCUT2D eigenvalue weighted by Gasteiger charge is -2.25. The van der Waals surface area contributed by atoms with E-state index in [0.29, 0.717) is 18.2 Å². The number of aryl methyl sites for hydroxylation is 1. The Morgan fingerprint density at radius 3 is 2.76 bits per heavy atom. The van der Waals surface area contributed by atoms with E-state index in [-0.39, 0.29) is 18.3 Å². The summed E-state index contributed by atoms with van der Waals surface area (Å²) in [5.74, 6) is 0.452. The van der Waals surface area contributed by atoms with Crippen LogP contribution in [-0.2, 0) is 20.6 Å². The second-order valence-corrected chi connectivity index (χ2v) is 9.17. The minimum Gasteiger partial charge on any atom is -0.491 e. The number of fused-ring (bicyclic) bond motifs is 3. The summed E-state index contributed by atoms with van der Waals surface area (Å²) < 4.78 is 27.1. The summed E-state index contributed by atoms with van der Waals surface area (Å²) in [5, 5.41) is 2.02. The van der Waals surface area contributed by atoms with Gasteiger partial charge in [0.25, 0.3) is 0 Å². The zero-order valence-electron chi connectivity index (χ0n) is 19.3. The lowest BCUT2D eigenvalue weighted by Crippen LogP contribution is -2.33. The third-order valence-electron chi connectivity index (χ3n) is 6.43. The van der Waals surface area contributed by atoms with E-state index < -0.39 is 12.0 Å². The van der Waals surface area contributed by atoms with Gasteiger partial charge in [0.05, 0.1) is 11.2 Å². The lowest BCUT2D eigenvalue weighted by molar-refractivity contribution is -0.198. The molecule has 2 N–H and O–H groups in total. The summed E-state index contributed by atoms with van der Waals surface area (Å²) >= 11 is 0. The molecule has 0 amide bonds. The number of benzene rings is 1. The monoisotopic (exact) mass is 461 g/mol. The summed E-state index contributed by atoms with van der Waals surface area (Å²) in [6, 6.07) is 11.5. The number of nitrogens with zero attached hydrogens (tertiary/aromatic N) is 4. The molecule has 6 rings (SSSR count). The quantitative estimate of drug-likeness (QED) is 0.480. The largest absolute Gasteiger partial charge is 0.491 e. The van der Waals surface area contributed by atoms with Crippen molar-refractivity contribution >= 4 is 27.8 Å². The molecule has 9 heteroatoms. The van der Waals surface area contributed by atoms with Gasteiger partial charge in [-0.1, -0.05) is 6.92 Å². The summed E-state index contributed by atoms with van der Waals surface area (Å²) in [5.41, 5.74) is 8.45. The average Bonchev–Trinajstić information content (AvgIpc) is 3.48. The normalized spacial score (nSPS) is 25.7. The summed E-state index contributed by atoms with van der Waals surface area (Å²) in [6.45, 7) is 6.23. The molecule has 5 heterocycles. The lowest BCUT2D eigenvalue weighted by atomic mass is 10.1. The van der Waals surface area contributed by atoms with Gasteiger partial charge in [-0.05, 0) is 50.6 Å². The van der Waals surface area contributed by atoms with E-state index in [9.17, 15) is 0 Å². The van der Waals surface area contributed by atoms with E-state index >= 15 is 0 Å². The van der Waals surface area contributed by atoms with Gasteiger partial charge >= 0.3 is 0 Å². The minimum absolute atomic E-state index is 0.279. The second kappa shape index (κ2) is 7.90. The molecule has 9 nitrogen and oxygen atoms in total. The molecule has 2 fully saturated rings. The topological polar surface area (TPSA) is 107 Å². The van der Waals surface area contributed by atoms with Gasteiger partial charge in [0.15, 0.2) is 12.0 Å². The van der Waals surface area contributed by atoms with Crippen LogP contribution in [0.15, 0.2) is 48.9 Å². The molecule has 0 radical (unpaired) electrons. The van der Waals surface area contributed by atoms with Gasteiger partial charge in [-0.15, -0.1) is 0 Å². The van der Waals surface area contributed by atoms with E-state index in [0.717, 1.165) is 34.1 Å². The Morgan fingerprint density at radius 1 is 1.09 bits per heavy atom. The number of anilines is 1. The van der Waals surface area contributed by atoms with Crippen molar-refractivity contribution in [3.8, 4) is 5.75 Å². The summed E-state index contributed by atoms with van der Waals surface area (Å²) in [6.07, 6.45) is 3.12. The van der Waals surface area contributed by atoms with Crippen molar-refractivity contribution < 1.29 is 18.9 Å². The summed E-state index contributed by atoms with van der Waals surface area (Å²) in [4.78, 5) is 13.3. The Bertz CT molecular complexity index is 1370. The Kier molecular flexibility index (Phi) is 4.94. The van der Waals surface area contributed by atoms with Crippen molar-refractivity contribution in [2.24, 2.45) is 0 Å². The van der Waals surface area contributed by atoms with Crippen LogP contribution in [0.25, 0.3) is 21.9 Å². The van der Waals surface area contributed by atoms with Gasteiger partial charge in [0.1, 0.15) is 48.5 Å². The van der Waals surface area contributed by atoms with Crippen LogP contribution in [0.5, 0.6) is 5.75 Å². The van der Waals surface area contributed by atoms with Crippen molar-refractivity contribution in [1.82, 2.24) is 19.5 Å². The van der Waals surface area contributed by atoms with Crippen LogP contribution in [-0.4, -0.2) is 50.2 Å². The van der Waals surface area contributed by atoms with Crippen LogP contribution in [0.2, 0.25) is 0 Å². The molecule has 0 spiro atoms. The maximum absolute atomic E-state index is 6.47. The van der Waals surface area contributed by atoms with Crippen molar-refractivity contribution in [2.45, 2.75) is 57.5 Å². The predicted molar refractivity (Wildman–Crippen MR) is 126 cm³/mol. The first-order chi connectivity index (χ1) is 16.4. The van der Waals surface area contributed by atoms with Gasteiger partial charge in [0, 0.05) is 23.0 Å². The third-order valence-corrected chi connectivity index (χ3v) is 6.43.